The van der Waals surface area contributed by atoms with Gasteiger partial charge >= 0.3 is 0 Å². The fourth-order valence-corrected chi connectivity index (χ4v) is 3.16. The van der Waals surface area contributed by atoms with Gasteiger partial charge in [-0.2, -0.15) is 9.67 Å². The zero-order chi connectivity index (χ0) is 19.5. The van der Waals surface area contributed by atoms with Gasteiger partial charge in [0.25, 0.3) is 11.9 Å². The van der Waals surface area contributed by atoms with Crippen molar-refractivity contribution in [1.29, 1.82) is 0 Å². The van der Waals surface area contributed by atoms with Crippen molar-refractivity contribution in [2.75, 3.05) is 5.32 Å². The van der Waals surface area contributed by atoms with E-state index in [0.717, 1.165) is 29.7 Å². The number of carbonyl (C=O) groups is 1. The predicted molar refractivity (Wildman–Crippen MR) is 106 cm³/mol. The van der Waals surface area contributed by atoms with Gasteiger partial charge in [0.1, 0.15) is 5.82 Å². The molecule has 1 N–H and O–H groups in total. The molecule has 0 amide bonds. The Morgan fingerprint density at radius 2 is 1.96 bits per heavy atom. The first-order valence-electron chi connectivity index (χ1n) is 9.28. The van der Waals surface area contributed by atoms with Gasteiger partial charge in [-0.1, -0.05) is 55.8 Å². The van der Waals surface area contributed by atoms with Crippen molar-refractivity contribution in [3.8, 4) is 11.1 Å². The Morgan fingerprint density at radius 3 is 2.71 bits per heavy atom. The lowest BCUT2D eigenvalue weighted by Gasteiger charge is -2.09. The van der Waals surface area contributed by atoms with Crippen LogP contribution in [0.2, 0.25) is 0 Å². The second-order valence-corrected chi connectivity index (χ2v) is 6.67. The molecule has 4 rings (SSSR count). The second kappa shape index (κ2) is 7.72. The highest BCUT2D eigenvalue weighted by Crippen LogP contribution is 2.23. The number of halogens is 1. The fourth-order valence-electron chi connectivity index (χ4n) is 3.16. The molecule has 2 heterocycles. The summed E-state index contributed by atoms with van der Waals surface area (Å²) in [5, 5.41) is 7.13. The van der Waals surface area contributed by atoms with Crippen LogP contribution in [0.15, 0.2) is 53.5 Å². The summed E-state index contributed by atoms with van der Waals surface area (Å²) in [5.74, 6) is 0.0861. The molecule has 1 aliphatic rings. The highest BCUT2D eigenvalue weighted by molar-refractivity contribution is 6.05. The van der Waals surface area contributed by atoms with Crippen LogP contribution >= 0.6 is 0 Å². The van der Waals surface area contributed by atoms with Crippen molar-refractivity contribution in [2.24, 2.45) is 4.99 Å². The SMILES string of the molecule is CCCC1=Nc2nc(NCc3ccc(-c4ccccc4)cc3F)nn2C(=O)C1. The van der Waals surface area contributed by atoms with E-state index in [1.165, 1.54) is 10.7 Å². The van der Waals surface area contributed by atoms with Gasteiger partial charge in [0.05, 0.1) is 6.42 Å². The first-order valence-corrected chi connectivity index (χ1v) is 9.28. The van der Waals surface area contributed by atoms with E-state index in [0.29, 0.717) is 5.56 Å². The van der Waals surface area contributed by atoms with E-state index < -0.39 is 0 Å². The lowest BCUT2D eigenvalue weighted by atomic mass is 10.0. The summed E-state index contributed by atoms with van der Waals surface area (Å²) in [6, 6.07) is 14.8. The third-order valence-electron chi connectivity index (χ3n) is 4.58. The molecular formula is C21H20FN5O. The van der Waals surface area contributed by atoms with Gasteiger partial charge < -0.3 is 5.32 Å². The van der Waals surface area contributed by atoms with E-state index in [2.05, 4.69) is 20.4 Å². The summed E-state index contributed by atoms with van der Waals surface area (Å²) in [6.07, 6.45) is 1.95. The number of hydrogen-bond donors (Lipinski definition) is 1. The molecule has 28 heavy (non-hydrogen) atoms. The maximum Gasteiger partial charge on any atom is 0.257 e. The van der Waals surface area contributed by atoms with Gasteiger partial charge in [-0.25, -0.2) is 9.38 Å². The van der Waals surface area contributed by atoms with E-state index in [4.69, 9.17) is 0 Å². The number of aromatic nitrogens is 3. The molecule has 7 heteroatoms. The molecule has 0 atom stereocenters. The number of carbonyl (C=O) groups excluding carboxylic acids is 1. The molecule has 0 radical (unpaired) electrons. The molecule has 0 fully saturated rings. The van der Waals surface area contributed by atoms with Crippen LogP contribution in [0.1, 0.15) is 36.5 Å². The smallest absolute Gasteiger partial charge is 0.257 e. The summed E-state index contributed by atoms with van der Waals surface area (Å²) in [5.41, 5.74) is 3.10. The first kappa shape index (κ1) is 18.0. The molecule has 6 nitrogen and oxygen atoms in total. The largest absolute Gasteiger partial charge is 0.349 e. The van der Waals surface area contributed by atoms with Gasteiger partial charge in [-0.15, -0.1) is 5.10 Å². The molecule has 1 aromatic heterocycles. The van der Waals surface area contributed by atoms with Gasteiger partial charge in [0.15, 0.2) is 0 Å². The number of aliphatic imine (C=N–C) groups is 1. The van der Waals surface area contributed by atoms with E-state index >= 15 is 0 Å². The average Bonchev–Trinajstić information content (AvgIpc) is 3.11. The minimum atomic E-state index is -0.308. The average molecular weight is 377 g/mol. The number of anilines is 1. The topological polar surface area (TPSA) is 72.2 Å². The molecule has 0 unspecified atom stereocenters. The monoisotopic (exact) mass is 377 g/mol. The van der Waals surface area contributed by atoms with Crippen LogP contribution in [0.5, 0.6) is 0 Å². The lowest BCUT2D eigenvalue weighted by Crippen LogP contribution is -2.21. The Bertz CT molecular complexity index is 1040. The van der Waals surface area contributed by atoms with Crippen LogP contribution in [0.3, 0.4) is 0 Å². The second-order valence-electron chi connectivity index (χ2n) is 6.67. The molecule has 2 aromatic carbocycles. The molecule has 142 valence electrons. The van der Waals surface area contributed by atoms with Gasteiger partial charge in [-0.05, 0) is 23.6 Å². The van der Waals surface area contributed by atoms with Crippen LogP contribution in [-0.4, -0.2) is 26.4 Å². The summed E-state index contributed by atoms with van der Waals surface area (Å²) in [7, 11) is 0. The zero-order valence-corrected chi connectivity index (χ0v) is 15.5. The standard InChI is InChI=1S/C21H20FN5O/c1-2-6-17-12-19(28)27-21(24-17)25-20(26-27)23-13-16-10-9-15(11-18(16)22)14-7-4-3-5-8-14/h3-5,7-11H,2,6,12-13H2,1H3,(H,23,26). The minimum absolute atomic E-state index is 0.146. The third-order valence-corrected chi connectivity index (χ3v) is 4.58. The predicted octanol–water partition coefficient (Wildman–Crippen LogP) is 4.61. The Labute approximate surface area is 162 Å². The Kier molecular flexibility index (Phi) is 4.97. The van der Waals surface area contributed by atoms with Crippen molar-refractivity contribution in [2.45, 2.75) is 32.7 Å². The normalized spacial score (nSPS) is 13.2. The van der Waals surface area contributed by atoms with Crippen molar-refractivity contribution in [3.63, 3.8) is 0 Å². The van der Waals surface area contributed by atoms with Gasteiger partial charge in [-0.3, -0.25) is 4.79 Å². The van der Waals surface area contributed by atoms with E-state index in [1.54, 1.807) is 6.07 Å². The number of hydrogen-bond acceptors (Lipinski definition) is 5. The van der Waals surface area contributed by atoms with Crippen LogP contribution in [0, 0.1) is 5.82 Å². The van der Waals surface area contributed by atoms with E-state index in [-0.39, 0.29) is 36.6 Å². The maximum absolute atomic E-state index is 14.5. The molecule has 0 aliphatic carbocycles. The quantitative estimate of drug-likeness (QED) is 0.681. The molecular weight excluding hydrogens is 357 g/mol. The van der Waals surface area contributed by atoms with Crippen LogP contribution in [-0.2, 0) is 6.54 Å². The van der Waals surface area contributed by atoms with Gasteiger partial charge in [0, 0.05) is 17.8 Å². The fraction of sp³-hybridized carbons (Fsp3) is 0.238. The Morgan fingerprint density at radius 1 is 1.14 bits per heavy atom. The van der Waals surface area contributed by atoms with Crippen molar-refractivity contribution in [3.05, 3.63) is 59.9 Å². The summed E-state index contributed by atoms with van der Waals surface area (Å²) >= 11 is 0. The minimum Gasteiger partial charge on any atom is -0.349 e. The summed E-state index contributed by atoms with van der Waals surface area (Å²) in [6.45, 7) is 2.25. The van der Waals surface area contributed by atoms with Crippen LogP contribution in [0.25, 0.3) is 11.1 Å². The number of nitrogens with zero attached hydrogens (tertiary/aromatic N) is 4. The van der Waals surface area contributed by atoms with Crippen LogP contribution < -0.4 is 5.32 Å². The molecule has 0 bridgehead atoms. The maximum atomic E-state index is 14.5. The first-order chi connectivity index (χ1) is 13.6. The number of benzene rings is 2. The number of nitrogens with one attached hydrogen (secondary N) is 1. The van der Waals surface area contributed by atoms with Crippen LogP contribution in [0.4, 0.5) is 16.3 Å². The zero-order valence-electron chi connectivity index (χ0n) is 15.5. The molecule has 0 saturated carbocycles. The summed E-state index contributed by atoms with van der Waals surface area (Å²) in [4.78, 5) is 20.8. The Hall–Kier alpha value is -3.35. The lowest BCUT2D eigenvalue weighted by molar-refractivity contribution is 0.0905. The number of rotatable bonds is 6. The molecule has 0 saturated heterocycles. The van der Waals surface area contributed by atoms with E-state index in [9.17, 15) is 9.18 Å². The highest BCUT2D eigenvalue weighted by Gasteiger charge is 2.22. The highest BCUT2D eigenvalue weighted by atomic mass is 19.1. The van der Waals surface area contributed by atoms with Crippen molar-refractivity contribution in [1.82, 2.24) is 14.8 Å². The number of fused-ring (bicyclic) bond motifs is 1. The van der Waals surface area contributed by atoms with E-state index in [1.807, 2.05) is 43.3 Å². The summed E-state index contributed by atoms with van der Waals surface area (Å²) < 4.78 is 15.7. The Balaban J connectivity index is 1.48. The van der Waals surface area contributed by atoms with Crippen molar-refractivity contribution < 1.29 is 9.18 Å². The molecule has 3 aromatic rings. The molecule has 0 spiro atoms. The molecule has 1 aliphatic heterocycles. The van der Waals surface area contributed by atoms with Gasteiger partial charge in [0.2, 0.25) is 5.95 Å². The van der Waals surface area contributed by atoms with Crippen molar-refractivity contribution >= 4 is 23.5 Å². The third kappa shape index (κ3) is 3.69.